The van der Waals surface area contributed by atoms with Crippen molar-refractivity contribution in [2.75, 3.05) is 32.5 Å². The predicted molar refractivity (Wildman–Crippen MR) is 119 cm³/mol. The second-order valence-electron chi connectivity index (χ2n) is 7.77. The number of aryl methyl sites for hydroxylation is 1. The van der Waals surface area contributed by atoms with Crippen molar-refractivity contribution in [3.8, 4) is 0 Å². The Labute approximate surface area is 184 Å². The number of rotatable bonds is 6. The number of carbonyl (C=O) groups excluding carboxylic acids is 1. The van der Waals surface area contributed by atoms with E-state index in [-0.39, 0.29) is 22.2 Å². The predicted octanol–water partition coefficient (Wildman–Crippen LogP) is 2.28. The molecule has 1 heterocycles. The Morgan fingerprint density at radius 3 is 2.35 bits per heavy atom. The van der Waals surface area contributed by atoms with Gasteiger partial charge in [0.2, 0.25) is 26.0 Å². The molecule has 1 aliphatic rings. The van der Waals surface area contributed by atoms with Crippen molar-refractivity contribution in [3.63, 3.8) is 0 Å². The average Bonchev–Trinajstić information content (AvgIpc) is 2.75. The van der Waals surface area contributed by atoms with E-state index < -0.39 is 26.0 Å². The quantitative estimate of drug-likeness (QED) is 0.705. The van der Waals surface area contributed by atoms with Crippen LogP contribution in [0, 0.1) is 12.8 Å². The highest BCUT2D eigenvalue weighted by Gasteiger charge is 2.33. The molecule has 1 amide bonds. The lowest BCUT2D eigenvalue weighted by atomic mass is 9.98. The van der Waals surface area contributed by atoms with Crippen molar-refractivity contribution in [2.45, 2.75) is 29.6 Å². The van der Waals surface area contributed by atoms with Crippen molar-refractivity contribution in [1.82, 2.24) is 8.61 Å². The van der Waals surface area contributed by atoms with Crippen LogP contribution in [-0.4, -0.2) is 58.5 Å². The van der Waals surface area contributed by atoms with Crippen LogP contribution < -0.4 is 5.32 Å². The fourth-order valence-corrected chi connectivity index (χ4v) is 5.93. The largest absolute Gasteiger partial charge is 0.326 e. The minimum atomic E-state index is -3.68. The third-order valence-corrected chi connectivity index (χ3v) is 9.07. The molecule has 0 aliphatic carbocycles. The number of nitrogens with one attached hydrogen (secondary N) is 1. The standard InChI is InChI=1S/C21H27N3O5S2/c1-16-11-12-19(30(26,27)23(2)3)14-20(16)22-21(25)17-8-7-13-24(15-17)31(28,29)18-9-5-4-6-10-18/h4-6,9-12,14,17H,7-8,13,15H2,1-3H3,(H,22,25). The molecule has 1 saturated heterocycles. The van der Waals surface area contributed by atoms with E-state index >= 15 is 0 Å². The number of amides is 1. The Balaban J connectivity index is 1.78. The van der Waals surface area contributed by atoms with Gasteiger partial charge in [0.25, 0.3) is 0 Å². The maximum absolute atomic E-state index is 12.9. The molecule has 2 aromatic carbocycles. The summed E-state index contributed by atoms with van der Waals surface area (Å²) >= 11 is 0. The Hall–Kier alpha value is -2.27. The summed E-state index contributed by atoms with van der Waals surface area (Å²) < 4.78 is 53.1. The summed E-state index contributed by atoms with van der Waals surface area (Å²) in [7, 11) is -4.43. The first kappa shape index (κ1) is 23.4. The molecule has 0 aromatic heterocycles. The lowest BCUT2D eigenvalue weighted by Gasteiger charge is -2.31. The molecule has 31 heavy (non-hydrogen) atoms. The molecule has 1 N–H and O–H groups in total. The van der Waals surface area contributed by atoms with Gasteiger partial charge in [-0.05, 0) is 49.6 Å². The zero-order chi connectivity index (χ0) is 22.8. The molecule has 10 heteroatoms. The van der Waals surface area contributed by atoms with Gasteiger partial charge in [-0.2, -0.15) is 4.31 Å². The van der Waals surface area contributed by atoms with Gasteiger partial charge >= 0.3 is 0 Å². The molecule has 168 valence electrons. The molecule has 1 atom stereocenters. The Bertz CT molecular complexity index is 1160. The van der Waals surface area contributed by atoms with E-state index in [0.717, 1.165) is 9.87 Å². The van der Waals surface area contributed by atoms with Gasteiger partial charge in [-0.1, -0.05) is 24.3 Å². The van der Waals surface area contributed by atoms with E-state index in [1.165, 1.54) is 30.5 Å². The average molecular weight is 466 g/mol. The molecule has 0 radical (unpaired) electrons. The highest BCUT2D eigenvalue weighted by molar-refractivity contribution is 7.89. The molecular formula is C21H27N3O5S2. The van der Waals surface area contributed by atoms with Crippen LogP contribution >= 0.6 is 0 Å². The Kier molecular flexibility index (Phi) is 6.85. The third kappa shape index (κ3) is 4.98. The maximum Gasteiger partial charge on any atom is 0.243 e. The van der Waals surface area contributed by atoms with Gasteiger partial charge in [0.1, 0.15) is 0 Å². The number of piperidine rings is 1. The van der Waals surface area contributed by atoms with E-state index in [9.17, 15) is 21.6 Å². The van der Waals surface area contributed by atoms with Crippen LogP contribution in [0.1, 0.15) is 18.4 Å². The first-order chi connectivity index (χ1) is 14.5. The second-order valence-corrected chi connectivity index (χ2v) is 11.9. The minimum absolute atomic E-state index is 0.0790. The number of sulfonamides is 2. The lowest BCUT2D eigenvalue weighted by Crippen LogP contribution is -2.43. The minimum Gasteiger partial charge on any atom is -0.326 e. The highest BCUT2D eigenvalue weighted by atomic mass is 32.2. The lowest BCUT2D eigenvalue weighted by molar-refractivity contribution is -0.120. The molecule has 8 nitrogen and oxygen atoms in total. The normalized spacial score (nSPS) is 18.1. The van der Waals surface area contributed by atoms with E-state index in [0.29, 0.717) is 25.1 Å². The number of carbonyl (C=O) groups is 1. The molecular weight excluding hydrogens is 438 g/mol. The number of hydrogen-bond donors (Lipinski definition) is 1. The third-order valence-electron chi connectivity index (χ3n) is 5.38. The summed E-state index contributed by atoms with van der Waals surface area (Å²) in [6.45, 7) is 2.21. The van der Waals surface area contributed by atoms with Gasteiger partial charge < -0.3 is 5.32 Å². The van der Waals surface area contributed by atoms with Crippen LogP contribution in [0.5, 0.6) is 0 Å². The highest BCUT2D eigenvalue weighted by Crippen LogP contribution is 2.26. The van der Waals surface area contributed by atoms with E-state index in [1.54, 1.807) is 43.3 Å². The van der Waals surface area contributed by atoms with Gasteiger partial charge in [0.15, 0.2) is 0 Å². The van der Waals surface area contributed by atoms with Crippen LogP contribution in [0.3, 0.4) is 0 Å². The summed E-state index contributed by atoms with van der Waals surface area (Å²) in [5, 5.41) is 2.80. The van der Waals surface area contributed by atoms with Crippen molar-refractivity contribution >= 4 is 31.6 Å². The molecule has 1 unspecified atom stereocenters. The fraction of sp³-hybridized carbons (Fsp3) is 0.381. The monoisotopic (exact) mass is 465 g/mol. The zero-order valence-electron chi connectivity index (χ0n) is 17.8. The van der Waals surface area contributed by atoms with E-state index in [1.807, 2.05) is 0 Å². The summed E-state index contributed by atoms with van der Waals surface area (Å²) in [6, 6.07) is 12.7. The van der Waals surface area contributed by atoms with Crippen molar-refractivity contribution in [3.05, 3.63) is 54.1 Å². The molecule has 1 aliphatic heterocycles. The number of benzene rings is 2. The Morgan fingerprint density at radius 1 is 1.03 bits per heavy atom. The van der Waals surface area contributed by atoms with Crippen LogP contribution in [0.4, 0.5) is 5.69 Å². The molecule has 0 saturated carbocycles. The van der Waals surface area contributed by atoms with Gasteiger partial charge in [-0.25, -0.2) is 21.1 Å². The molecule has 1 fully saturated rings. The van der Waals surface area contributed by atoms with Gasteiger partial charge in [0, 0.05) is 32.9 Å². The topological polar surface area (TPSA) is 104 Å². The first-order valence-electron chi connectivity index (χ1n) is 9.92. The number of hydrogen-bond acceptors (Lipinski definition) is 5. The molecule has 3 rings (SSSR count). The maximum atomic E-state index is 12.9. The number of anilines is 1. The van der Waals surface area contributed by atoms with Crippen LogP contribution in [0.2, 0.25) is 0 Å². The summed E-state index contributed by atoms with van der Waals surface area (Å²) in [5.74, 6) is -0.851. The molecule has 0 spiro atoms. The van der Waals surface area contributed by atoms with E-state index in [4.69, 9.17) is 0 Å². The van der Waals surface area contributed by atoms with Crippen LogP contribution in [0.15, 0.2) is 58.3 Å². The zero-order valence-corrected chi connectivity index (χ0v) is 19.4. The van der Waals surface area contributed by atoms with Gasteiger partial charge in [-0.15, -0.1) is 0 Å². The SMILES string of the molecule is Cc1ccc(S(=O)(=O)N(C)C)cc1NC(=O)C1CCCN(S(=O)(=O)c2ccccc2)C1. The van der Waals surface area contributed by atoms with Crippen LogP contribution in [0.25, 0.3) is 0 Å². The molecule has 0 bridgehead atoms. The van der Waals surface area contributed by atoms with Gasteiger partial charge in [-0.3, -0.25) is 4.79 Å². The van der Waals surface area contributed by atoms with Crippen molar-refractivity contribution in [2.24, 2.45) is 5.92 Å². The van der Waals surface area contributed by atoms with Gasteiger partial charge in [0.05, 0.1) is 15.7 Å². The van der Waals surface area contributed by atoms with E-state index in [2.05, 4.69) is 5.32 Å². The summed E-state index contributed by atoms with van der Waals surface area (Å²) in [5.41, 5.74) is 1.12. The smallest absolute Gasteiger partial charge is 0.243 e. The molecule has 2 aromatic rings. The number of nitrogens with zero attached hydrogens (tertiary/aromatic N) is 2. The fourth-order valence-electron chi connectivity index (χ4n) is 3.46. The first-order valence-corrected chi connectivity index (χ1v) is 12.8. The van der Waals surface area contributed by atoms with Crippen LogP contribution in [-0.2, 0) is 24.8 Å². The second kappa shape index (κ2) is 9.07. The Morgan fingerprint density at radius 2 is 1.71 bits per heavy atom. The summed E-state index contributed by atoms with van der Waals surface area (Å²) in [4.78, 5) is 13.2. The summed E-state index contributed by atoms with van der Waals surface area (Å²) in [6.07, 6.45) is 1.12. The van der Waals surface area contributed by atoms with Crippen molar-refractivity contribution < 1.29 is 21.6 Å². The van der Waals surface area contributed by atoms with Crippen molar-refractivity contribution in [1.29, 1.82) is 0 Å².